The molecule has 2 heterocycles. The molecule has 4 aliphatic rings. The Morgan fingerprint density at radius 3 is 2.43 bits per heavy atom. The number of nitrogens with zero attached hydrogens (tertiary/aromatic N) is 2. The largest absolute Gasteiger partial charge is 0.414 e. The molecule has 4 aliphatic carbocycles. The first-order chi connectivity index (χ1) is 14.3. The van der Waals surface area contributed by atoms with Crippen LogP contribution in [0.4, 0.5) is 4.79 Å². The van der Waals surface area contributed by atoms with E-state index in [-0.39, 0.29) is 17.0 Å². The van der Waals surface area contributed by atoms with Crippen LogP contribution in [0.5, 0.6) is 5.88 Å². The maximum absolute atomic E-state index is 12.8. The maximum Gasteiger partial charge on any atom is 0.414 e. The Morgan fingerprint density at radius 1 is 1.10 bits per heavy atom. The molecule has 2 aromatic heterocycles. The van der Waals surface area contributed by atoms with Gasteiger partial charge in [0.15, 0.2) is 5.69 Å². The van der Waals surface area contributed by atoms with Gasteiger partial charge in [0, 0.05) is 28.9 Å². The van der Waals surface area contributed by atoms with Gasteiger partial charge in [-0.3, -0.25) is 4.79 Å². The highest BCUT2D eigenvalue weighted by molar-refractivity contribution is 5.92. The average molecular weight is 410 g/mol. The molecule has 8 heteroatoms. The Bertz CT molecular complexity index is 987. The Kier molecular flexibility index (Phi) is 4.34. The lowest BCUT2D eigenvalue weighted by Gasteiger charge is -2.61. The third kappa shape index (κ3) is 3.55. The van der Waals surface area contributed by atoms with Gasteiger partial charge in [0.2, 0.25) is 5.88 Å². The van der Waals surface area contributed by atoms with Crippen LogP contribution in [0.25, 0.3) is 0 Å². The minimum Gasteiger partial charge on any atom is -0.391 e. The second-order valence-corrected chi connectivity index (χ2v) is 9.43. The number of aryl methyl sites for hydroxylation is 2. The van der Waals surface area contributed by atoms with Crippen molar-refractivity contribution in [3.63, 3.8) is 0 Å². The quantitative estimate of drug-likeness (QED) is 0.801. The molecule has 0 spiro atoms. The molecule has 4 fully saturated rings. The standard InChI is InChI=1S/C22H26N4O4/c1-13-4-3-5-18(23-13)29-20(28)25-22-10-15-7-16(11-22)9-21(8-15,12-22)24-19(27)17-6-14(2)30-26-17/h3-6,15-16H,7-12H2,1-2H3,(H,24,27)(H,25,28). The van der Waals surface area contributed by atoms with Crippen LogP contribution in [0.3, 0.4) is 0 Å². The molecule has 2 aromatic rings. The van der Waals surface area contributed by atoms with Crippen LogP contribution in [0.15, 0.2) is 28.8 Å². The molecule has 0 aliphatic heterocycles. The lowest BCUT2D eigenvalue weighted by Crippen LogP contribution is -2.70. The van der Waals surface area contributed by atoms with Gasteiger partial charge in [-0.05, 0) is 70.3 Å². The lowest BCUT2D eigenvalue weighted by atomic mass is 9.50. The van der Waals surface area contributed by atoms with E-state index in [1.54, 1.807) is 19.1 Å². The predicted molar refractivity (Wildman–Crippen MR) is 107 cm³/mol. The first-order valence-electron chi connectivity index (χ1n) is 10.5. The minimum atomic E-state index is -0.483. The van der Waals surface area contributed by atoms with Crippen LogP contribution in [-0.2, 0) is 0 Å². The fraction of sp³-hybridized carbons (Fsp3) is 0.545. The van der Waals surface area contributed by atoms with Gasteiger partial charge in [-0.2, -0.15) is 0 Å². The van der Waals surface area contributed by atoms with E-state index in [4.69, 9.17) is 9.26 Å². The maximum atomic E-state index is 12.8. The minimum absolute atomic E-state index is 0.213. The first-order valence-corrected chi connectivity index (χ1v) is 10.5. The molecule has 4 bridgehead atoms. The van der Waals surface area contributed by atoms with Crippen LogP contribution in [0, 0.1) is 25.7 Å². The smallest absolute Gasteiger partial charge is 0.391 e. The lowest BCUT2D eigenvalue weighted by molar-refractivity contribution is -0.0450. The SMILES string of the molecule is Cc1cccc(OC(=O)NC23CC4CC(C2)CC(NC(=O)c2cc(C)on2)(C4)C3)n1. The molecule has 0 aromatic carbocycles. The molecule has 2 amide bonds. The van der Waals surface area contributed by atoms with E-state index in [0.717, 1.165) is 37.8 Å². The van der Waals surface area contributed by atoms with Gasteiger partial charge in [0.05, 0.1) is 0 Å². The number of aromatic nitrogens is 2. The van der Waals surface area contributed by atoms with E-state index in [1.807, 2.05) is 19.1 Å². The summed E-state index contributed by atoms with van der Waals surface area (Å²) in [6.45, 7) is 3.62. The molecule has 8 nitrogen and oxygen atoms in total. The highest BCUT2D eigenvalue weighted by atomic mass is 16.6. The summed E-state index contributed by atoms with van der Waals surface area (Å²) < 4.78 is 10.5. The van der Waals surface area contributed by atoms with Gasteiger partial charge in [-0.15, -0.1) is 0 Å². The second kappa shape index (κ2) is 6.82. The highest BCUT2D eigenvalue weighted by Gasteiger charge is 2.59. The van der Waals surface area contributed by atoms with Crippen molar-refractivity contribution >= 4 is 12.0 Å². The Labute approximate surface area is 174 Å². The normalized spacial score (nSPS) is 31.4. The van der Waals surface area contributed by atoms with Crippen LogP contribution in [0.1, 0.15) is 60.5 Å². The monoisotopic (exact) mass is 410 g/mol. The van der Waals surface area contributed by atoms with Crippen LogP contribution in [0.2, 0.25) is 0 Å². The summed E-state index contributed by atoms with van der Waals surface area (Å²) in [4.78, 5) is 29.7. The summed E-state index contributed by atoms with van der Waals surface area (Å²) in [5.41, 5.74) is 0.399. The van der Waals surface area contributed by atoms with Crippen molar-refractivity contribution in [3.05, 3.63) is 41.4 Å². The Balaban J connectivity index is 1.32. The van der Waals surface area contributed by atoms with E-state index in [2.05, 4.69) is 20.8 Å². The zero-order valence-corrected chi connectivity index (χ0v) is 17.2. The number of hydrogen-bond acceptors (Lipinski definition) is 6. The van der Waals surface area contributed by atoms with Gasteiger partial charge in [0.25, 0.3) is 5.91 Å². The molecule has 4 saturated carbocycles. The molecule has 0 saturated heterocycles. The number of pyridine rings is 1. The zero-order valence-electron chi connectivity index (χ0n) is 17.2. The number of nitrogens with one attached hydrogen (secondary N) is 2. The summed E-state index contributed by atoms with van der Waals surface area (Å²) in [5.74, 6) is 1.64. The fourth-order valence-electron chi connectivity index (χ4n) is 6.25. The van der Waals surface area contributed by atoms with Gasteiger partial charge in [0.1, 0.15) is 5.76 Å². The number of carbonyl (C=O) groups excluding carboxylic acids is 2. The van der Waals surface area contributed by atoms with Gasteiger partial charge in [-0.1, -0.05) is 11.2 Å². The van der Waals surface area contributed by atoms with Gasteiger partial charge in [-0.25, -0.2) is 9.78 Å². The molecule has 2 N–H and O–H groups in total. The van der Waals surface area contributed by atoms with Crippen LogP contribution in [-0.4, -0.2) is 33.2 Å². The van der Waals surface area contributed by atoms with E-state index < -0.39 is 6.09 Å². The third-order valence-corrected chi connectivity index (χ3v) is 6.73. The molecule has 6 rings (SSSR count). The van der Waals surface area contributed by atoms with Gasteiger partial charge >= 0.3 is 6.09 Å². The number of ether oxygens (including phenoxy) is 1. The van der Waals surface area contributed by atoms with E-state index in [9.17, 15) is 9.59 Å². The summed E-state index contributed by atoms with van der Waals surface area (Å²) in [5, 5.41) is 10.2. The number of hydrogen-bond donors (Lipinski definition) is 2. The molecule has 2 atom stereocenters. The first kappa shape index (κ1) is 19.1. The van der Waals surface area contributed by atoms with E-state index in [1.165, 1.54) is 0 Å². The fourth-order valence-corrected chi connectivity index (χ4v) is 6.25. The number of amides is 2. The van der Waals surface area contributed by atoms with Crippen molar-refractivity contribution in [1.29, 1.82) is 0 Å². The summed E-state index contributed by atoms with van der Waals surface area (Å²) in [6.07, 6.45) is 5.07. The third-order valence-electron chi connectivity index (χ3n) is 6.73. The summed E-state index contributed by atoms with van der Waals surface area (Å²) in [7, 11) is 0. The molecule has 30 heavy (non-hydrogen) atoms. The second-order valence-electron chi connectivity index (χ2n) is 9.43. The molecule has 0 radical (unpaired) electrons. The van der Waals surface area contributed by atoms with Crippen molar-refractivity contribution in [2.45, 2.75) is 63.5 Å². The van der Waals surface area contributed by atoms with Crippen molar-refractivity contribution in [3.8, 4) is 5.88 Å². The zero-order chi connectivity index (χ0) is 20.9. The van der Waals surface area contributed by atoms with E-state index >= 15 is 0 Å². The van der Waals surface area contributed by atoms with Crippen molar-refractivity contribution < 1.29 is 18.8 Å². The topological polar surface area (TPSA) is 106 Å². The predicted octanol–water partition coefficient (Wildman–Crippen LogP) is 3.30. The molecule has 158 valence electrons. The Morgan fingerprint density at radius 2 is 1.80 bits per heavy atom. The van der Waals surface area contributed by atoms with E-state index in [0.29, 0.717) is 35.6 Å². The van der Waals surface area contributed by atoms with Crippen molar-refractivity contribution in [2.75, 3.05) is 0 Å². The number of carbonyl (C=O) groups is 2. The van der Waals surface area contributed by atoms with Crippen LogP contribution >= 0.6 is 0 Å². The molecule has 2 unspecified atom stereocenters. The van der Waals surface area contributed by atoms with Gasteiger partial charge < -0.3 is 19.9 Å². The van der Waals surface area contributed by atoms with Crippen LogP contribution < -0.4 is 15.4 Å². The highest BCUT2D eigenvalue weighted by Crippen LogP contribution is 2.57. The van der Waals surface area contributed by atoms with Crippen molar-refractivity contribution in [2.24, 2.45) is 11.8 Å². The summed E-state index contributed by atoms with van der Waals surface area (Å²) in [6, 6.07) is 6.99. The number of rotatable bonds is 4. The Hall–Kier alpha value is -2.90. The molecular formula is C22H26N4O4. The average Bonchev–Trinajstić information content (AvgIpc) is 3.06. The summed E-state index contributed by atoms with van der Waals surface area (Å²) >= 11 is 0. The van der Waals surface area contributed by atoms with Crippen molar-refractivity contribution in [1.82, 2.24) is 20.8 Å². The molecular weight excluding hydrogens is 384 g/mol.